The summed E-state index contributed by atoms with van der Waals surface area (Å²) in [4.78, 5) is 26.5. The van der Waals surface area contributed by atoms with Crippen molar-refractivity contribution in [3.8, 4) is 5.75 Å². The van der Waals surface area contributed by atoms with Crippen LogP contribution < -0.4 is 5.48 Å². The number of hydrogen-bond donors (Lipinski definition) is 2. The smallest absolute Gasteiger partial charge is 0.311 e. The van der Waals surface area contributed by atoms with Gasteiger partial charge >= 0.3 is 5.69 Å². The normalized spacial score (nSPS) is 11.1. The zero-order chi connectivity index (χ0) is 13.9. The van der Waals surface area contributed by atoms with Gasteiger partial charge in [0.25, 0.3) is 5.91 Å². The van der Waals surface area contributed by atoms with Gasteiger partial charge in [-0.3, -0.25) is 19.7 Å². The molecule has 0 spiro atoms. The van der Waals surface area contributed by atoms with Gasteiger partial charge in [-0.2, -0.15) is 0 Å². The third-order valence-electron chi connectivity index (χ3n) is 1.91. The van der Waals surface area contributed by atoms with Crippen molar-refractivity contribution < 1.29 is 19.7 Å². The molecular weight excluding hydrogens is 240 g/mol. The lowest BCUT2D eigenvalue weighted by Crippen LogP contribution is -2.33. The summed E-state index contributed by atoms with van der Waals surface area (Å²) in [6, 6.07) is 3.68. The number of rotatable bonds is 3. The average molecular weight is 254 g/mol. The summed E-state index contributed by atoms with van der Waals surface area (Å²) in [6.45, 7) is 5.17. The minimum absolute atomic E-state index is 0.214. The Morgan fingerprint density at radius 3 is 2.56 bits per heavy atom. The highest BCUT2D eigenvalue weighted by Crippen LogP contribution is 2.29. The van der Waals surface area contributed by atoms with Gasteiger partial charge in [-0.15, -0.1) is 0 Å². The van der Waals surface area contributed by atoms with E-state index in [4.69, 9.17) is 4.84 Å². The molecule has 0 saturated heterocycles. The fraction of sp³-hybridized carbons (Fsp3) is 0.364. The van der Waals surface area contributed by atoms with Crippen LogP contribution in [-0.2, 0) is 4.84 Å². The van der Waals surface area contributed by atoms with E-state index in [0.29, 0.717) is 0 Å². The van der Waals surface area contributed by atoms with E-state index in [2.05, 4.69) is 5.48 Å². The van der Waals surface area contributed by atoms with Crippen molar-refractivity contribution >= 4 is 11.6 Å². The molecule has 1 amide bonds. The molecule has 98 valence electrons. The van der Waals surface area contributed by atoms with E-state index < -0.39 is 27.9 Å². The van der Waals surface area contributed by atoms with Crippen LogP contribution in [0.1, 0.15) is 31.1 Å². The fourth-order valence-electron chi connectivity index (χ4n) is 1.12. The lowest BCUT2D eigenvalue weighted by molar-refractivity contribution is -0.385. The Morgan fingerprint density at radius 1 is 1.44 bits per heavy atom. The summed E-state index contributed by atoms with van der Waals surface area (Å²) < 4.78 is 0. The molecule has 0 aliphatic carbocycles. The highest BCUT2D eigenvalue weighted by atomic mass is 16.7. The van der Waals surface area contributed by atoms with E-state index in [1.165, 1.54) is 12.1 Å². The van der Waals surface area contributed by atoms with E-state index in [0.717, 1.165) is 6.07 Å². The van der Waals surface area contributed by atoms with Crippen LogP contribution in [0.5, 0.6) is 5.75 Å². The van der Waals surface area contributed by atoms with Gasteiger partial charge in [0, 0.05) is 6.07 Å². The summed E-state index contributed by atoms with van der Waals surface area (Å²) in [7, 11) is 0. The molecule has 0 unspecified atom stereocenters. The van der Waals surface area contributed by atoms with E-state index in [-0.39, 0.29) is 5.56 Å². The molecule has 1 rings (SSSR count). The minimum Gasteiger partial charge on any atom is -0.502 e. The van der Waals surface area contributed by atoms with Crippen LogP contribution in [0, 0.1) is 10.1 Å². The van der Waals surface area contributed by atoms with Gasteiger partial charge in [-0.05, 0) is 26.8 Å². The number of nitro groups is 1. The van der Waals surface area contributed by atoms with Crippen molar-refractivity contribution in [2.24, 2.45) is 0 Å². The van der Waals surface area contributed by atoms with E-state index in [9.17, 15) is 20.0 Å². The molecule has 0 aliphatic rings. The Balaban J connectivity index is 2.93. The summed E-state index contributed by atoms with van der Waals surface area (Å²) in [5, 5.41) is 20.2. The average Bonchev–Trinajstić information content (AvgIpc) is 2.24. The van der Waals surface area contributed by atoms with E-state index in [1.54, 1.807) is 20.8 Å². The molecule has 7 heteroatoms. The Kier molecular flexibility index (Phi) is 3.87. The van der Waals surface area contributed by atoms with Crippen molar-refractivity contribution in [2.45, 2.75) is 26.4 Å². The summed E-state index contributed by atoms with van der Waals surface area (Å²) >= 11 is 0. The molecular formula is C11H14N2O5. The molecule has 0 aliphatic heterocycles. The number of hydroxylamine groups is 1. The van der Waals surface area contributed by atoms with Crippen molar-refractivity contribution in [2.75, 3.05) is 0 Å². The molecule has 0 saturated carbocycles. The maximum atomic E-state index is 11.7. The van der Waals surface area contributed by atoms with Gasteiger partial charge in [0.1, 0.15) is 0 Å². The topological polar surface area (TPSA) is 102 Å². The summed E-state index contributed by atoms with van der Waals surface area (Å²) in [5.74, 6) is -1.43. The SMILES string of the molecule is CC(C)(C)ONC(=O)c1cccc([N+](=O)[O-])c1O. The second-order valence-electron chi connectivity index (χ2n) is 4.58. The maximum absolute atomic E-state index is 11.7. The van der Waals surface area contributed by atoms with Gasteiger partial charge in [0.15, 0.2) is 0 Å². The lowest BCUT2D eigenvalue weighted by Gasteiger charge is -2.19. The minimum atomic E-state index is -0.767. The van der Waals surface area contributed by atoms with Crippen molar-refractivity contribution in [3.05, 3.63) is 33.9 Å². The van der Waals surface area contributed by atoms with Crippen LogP contribution in [0.4, 0.5) is 5.69 Å². The van der Waals surface area contributed by atoms with Crippen LogP contribution in [-0.4, -0.2) is 21.5 Å². The number of aromatic hydroxyl groups is 1. The van der Waals surface area contributed by atoms with Crippen LogP contribution >= 0.6 is 0 Å². The van der Waals surface area contributed by atoms with Crippen LogP contribution in [0.25, 0.3) is 0 Å². The van der Waals surface area contributed by atoms with Crippen LogP contribution in [0.3, 0.4) is 0 Å². The van der Waals surface area contributed by atoms with Crippen molar-refractivity contribution in [3.63, 3.8) is 0 Å². The Hall–Kier alpha value is -2.15. The third kappa shape index (κ3) is 3.42. The number of carbonyl (C=O) groups excluding carboxylic acids is 1. The molecule has 0 fully saturated rings. The second-order valence-corrected chi connectivity index (χ2v) is 4.58. The van der Waals surface area contributed by atoms with Crippen molar-refractivity contribution in [1.82, 2.24) is 5.48 Å². The lowest BCUT2D eigenvalue weighted by atomic mass is 10.1. The number of nitrogens with one attached hydrogen (secondary N) is 1. The quantitative estimate of drug-likeness (QED) is 0.632. The standard InChI is InChI=1S/C11H14N2O5/c1-11(2,3)18-12-10(15)7-5-4-6-8(9(7)14)13(16)17/h4-6,14H,1-3H3,(H,12,15). The molecule has 0 atom stereocenters. The fourth-order valence-corrected chi connectivity index (χ4v) is 1.12. The second kappa shape index (κ2) is 5.01. The number of amides is 1. The zero-order valence-electron chi connectivity index (χ0n) is 10.3. The summed E-state index contributed by atoms with van der Waals surface area (Å²) in [5.41, 5.74) is 0.776. The molecule has 7 nitrogen and oxygen atoms in total. The highest BCUT2D eigenvalue weighted by molar-refractivity contribution is 5.97. The van der Waals surface area contributed by atoms with Gasteiger partial charge in [0.05, 0.1) is 16.1 Å². The van der Waals surface area contributed by atoms with Crippen molar-refractivity contribution in [1.29, 1.82) is 0 Å². The Bertz CT molecular complexity index is 479. The first-order chi connectivity index (χ1) is 8.22. The number of phenols is 1. The molecule has 1 aromatic rings. The molecule has 0 radical (unpaired) electrons. The molecule has 1 aromatic carbocycles. The number of benzene rings is 1. The zero-order valence-corrected chi connectivity index (χ0v) is 10.3. The van der Waals surface area contributed by atoms with Crippen LogP contribution in [0.2, 0.25) is 0 Å². The number of hydrogen-bond acceptors (Lipinski definition) is 5. The number of para-hydroxylation sites is 1. The third-order valence-corrected chi connectivity index (χ3v) is 1.91. The number of nitrogens with zero attached hydrogens (tertiary/aromatic N) is 1. The number of phenolic OH excluding ortho intramolecular Hbond substituents is 1. The first kappa shape index (κ1) is 13.9. The summed E-state index contributed by atoms with van der Waals surface area (Å²) in [6.07, 6.45) is 0. The first-order valence-corrected chi connectivity index (χ1v) is 5.17. The molecule has 0 bridgehead atoms. The van der Waals surface area contributed by atoms with Gasteiger partial charge in [0.2, 0.25) is 5.75 Å². The van der Waals surface area contributed by atoms with E-state index in [1.807, 2.05) is 0 Å². The van der Waals surface area contributed by atoms with Gasteiger partial charge in [-0.1, -0.05) is 6.07 Å². The predicted octanol–water partition coefficient (Wildman–Crippen LogP) is 1.76. The van der Waals surface area contributed by atoms with Gasteiger partial charge < -0.3 is 5.11 Å². The first-order valence-electron chi connectivity index (χ1n) is 5.17. The maximum Gasteiger partial charge on any atom is 0.311 e. The predicted molar refractivity (Wildman–Crippen MR) is 63.1 cm³/mol. The molecule has 2 N–H and O–H groups in total. The molecule has 0 heterocycles. The Morgan fingerprint density at radius 2 is 2.06 bits per heavy atom. The molecule has 18 heavy (non-hydrogen) atoms. The number of carbonyl (C=O) groups is 1. The van der Waals surface area contributed by atoms with Crippen LogP contribution in [0.15, 0.2) is 18.2 Å². The Labute approximate surface area is 103 Å². The number of nitro benzene ring substituents is 1. The van der Waals surface area contributed by atoms with Gasteiger partial charge in [-0.25, -0.2) is 5.48 Å². The largest absolute Gasteiger partial charge is 0.502 e. The monoisotopic (exact) mass is 254 g/mol. The highest BCUT2D eigenvalue weighted by Gasteiger charge is 2.22. The van der Waals surface area contributed by atoms with E-state index >= 15 is 0 Å². The molecule has 0 aromatic heterocycles.